The first kappa shape index (κ1) is 14.7. The first-order chi connectivity index (χ1) is 9.68. The number of allylic oxidation sites excluding steroid dienone is 1. The summed E-state index contributed by atoms with van der Waals surface area (Å²) in [6.07, 6.45) is 8.55. The molecule has 0 unspecified atom stereocenters. The van der Waals surface area contributed by atoms with Gasteiger partial charge in [0.15, 0.2) is 0 Å². The van der Waals surface area contributed by atoms with Crippen molar-refractivity contribution in [2.24, 2.45) is 0 Å². The molecule has 0 saturated heterocycles. The van der Waals surface area contributed by atoms with E-state index in [2.05, 4.69) is 11.4 Å². The van der Waals surface area contributed by atoms with Crippen LogP contribution in [0.15, 0.2) is 29.8 Å². The van der Waals surface area contributed by atoms with Crippen molar-refractivity contribution in [2.45, 2.75) is 45.6 Å². The van der Waals surface area contributed by atoms with E-state index < -0.39 is 0 Å². The van der Waals surface area contributed by atoms with Gasteiger partial charge in [0.25, 0.3) is 5.69 Å². The van der Waals surface area contributed by atoms with E-state index in [9.17, 15) is 10.1 Å². The number of hydrogen-bond donors (Lipinski definition) is 1. The zero-order chi connectivity index (χ0) is 14.4. The summed E-state index contributed by atoms with van der Waals surface area (Å²) in [6.45, 7) is 3.45. The van der Waals surface area contributed by atoms with Crippen LogP contribution in [0, 0.1) is 17.0 Å². The molecule has 0 bridgehead atoms. The molecule has 4 heteroatoms. The summed E-state index contributed by atoms with van der Waals surface area (Å²) in [7, 11) is 0. The molecule has 0 amide bonds. The molecule has 0 heterocycles. The van der Waals surface area contributed by atoms with Crippen molar-refractivity contribution in [1.29, 1.82) is 0 Å². The SMILES string of the molecule is Cc1c(CNCCC2=CCCCC2)cccc1[N+](=O)[O-]. The van der Waals surface area contributed by atoms with Gasteiger partial charge in [-0.1, -0.05) is 23.8 Å². The van der Waals surface area contributed by atoms with Crippen molar-refractivity contribution in [3.63, 3.8) is 0 Å². The number of nitrogens with zero attached hydrogens (tertiary/aromatic N) is 1. The lowest BCUT2D eigenvalue weighted by Gasteiger charge is -2.13. The Hall–Kier alpha value is -1.68. The number of hydrogen-bond acceptors (Lipinski definition) is 3. The molecule has 0 fully saturated rings. The molecule has 0 radical (unpaired) electrons. The maximum Gasteiger partial charge on any atom is 0.272 e. The number of nitrogens with one attached hydrogen (secondary N) is 1. The number of benzene rings is 1. The molecule has 0 aromatic heterocycles. The predicted molar refractivity (Wildman–Crippen MR) is 80.7 cm³/mol. The summed E-state index contributed by atoms with van der Waals surface area (Å²) >= 11 is 0. The second-order valence-electron chi connectivity index (χ2n) is 5.35. The van der Waals surface area contributed by atoms with Crippen molar-refractivity contribution in [3.8, 4) is 0 Å². The smallest absolute Gasteiger partial charge is 0.272 e. The van der Waals surface area contributed by atoms with Crippen LogP contribution >= 0.6 is 0 Å². The molecule has 0 atom stereocenters. The number of nitro groups is 1. The molecule has 1 aromatic carbocycles. The molecule has 4 nitrogen and oxygen atoms in total. The molecule has 0 saturated carbocycles. The Bertz CT molecular complexity index is 509. The number of nitro benzene ring substituents is 1. The van der Waals surface area contributed by atoms with E-state index in [4.69, 9.17) is 0 Å². The Labute approximate surface area is 120 Å². The zero-order valence-corrected chi connectivity index (χ0v) is 12.0. The van der Waals surface area contributed by atoms with E-state index in [-0.39, 0.29) is 10.6 Å². The Morgan fingerprint density at radius 3 is 2.90 bits per heavy atom. The van der Waals surface area contributed by atoms with Crippen LogP contribution in [0.4, 0.5) is 5.69 Å². The van der Waals surface area contributed by atoms with Gasteiger partial charge in [0.2, 0.25) is 0 Å². The van der Waals surface area contributed by atoms with Gasteiger partial charge in [0.05, 0.1) is 4.92 Å². The van der Waals surface area contributed by atoms with Crippen LogP contribution in [-0.2, 0) is 6.54 Å². The van der Waals surface area contributed by atoms with Gasteiger partial charge < -0.3 is 5.32 Å². The Morgan fingerprint density at radius 2 is 2.20 bits per heavy atom. The standard InChI is InChI=1S/C16H22N2O2/c1-13-15(8-5-9-16(13)18(19)20)12-17-11-10-14-6-3-2-4-7-14/h5-6,8-9,17H,2-4,7,10-12H2,1H3. The third-order valence-electron chi connectivity index (χ3n) is 3.94. The highest BCUT2D eigenvalue weighted by Crippen LogP contribution is 2.21. The molecule has 1 N–H and O–H groups in total. The highest BCUT2D eigenvalue weighted by molar-refractivity contribution is 5.44. The van der Waals surface area contributed by atoms with Crippen LogP contribution in [0.25, 0.3) is 0 Å². The highest BCUT2D eigenvalue weighted by atomic mass is 16.6. The molecule has 1 aliphatic carbocycles. The van der Waals surface area contributed by atoms with Gasteiger partial charge >= 0.3 is 0 Å². The summed E-state index contributed by atoms with van der Waals surface area (Å²) < 4.78 is 0. The van der Waals surface area contributed by atoms with Crippen LogP contribution in [-0.4, -0.2) is 11.5 Å². The molecular weight excluding hydrogens is 252 g/mol. The third-order valence-corrected chi connectivity index (χ3v) is 3.94. The minimum absolute atomic E-state index is 0.208. The summed E-state index contributed by atoms with van der Waals surface area (Å²) in [5.41, 5.74) is 3.54. The van der Waals surface area contributed by atoms with Crippen LogP contribution in [0.1, 0.15) is 43.2 Å². The van der Waals surface area contributed by atoms with Gasteiger partial charge in [-0.05, 0) is 51.1 Å². The van der Waals surface area contributed by atoms with Crippen molar-refractivity contribution >= 4 is 5.69 Å². The second-order valence-corrected chi connectivity index (χ2v) is 5.35. The minimum atomic E-state index is -0.314. The number of rotatable bonds is 6. The summed E-state index contributed by atoms with van der Waals surface area (Å²) in [5.74, 6) is 0. The Balaban J connectivity index is 1.83. The minimum Gasteiger partial charge on any atom is -0.312 e. The lowest BCUT2D eigenvalue weighted by Crippen LogP contribution is -2.16. The van der Waals surface area contributed by atoms with E-state index in [0.717, 1.165) is 24.1 Å². The first-order valence-corrected chi connectivity index (χ1v) is 7.30. The molecule has 2 rings (SSSR count). The summed E-state index contributed by atoms with van der Waals surface area (Å²) in [6, 6.07) is 5.27. The van der Waals surface area contributed by atoms with Gasteiger partial charge in [0, 0.05) is 18.2 Å². The summed E-state index contributed by atoms with van der Waals surface area (Å²) in [5, 5.41) is 14.3. The van der Waals surface area contributed by atoms with Crippen LogP contribution in [0.2, 0.25) is 0 Å². The van der Waals surface area contributed by atoms with Crippen molar-refractivity contribution < 1.29 is 4.92 Å². The average molecular weight is 274 g/mol. The van der Waals surface area contributed by atoms with E-state index in [1.54, 1.807) is 17.7 Å². The largest absolute Gasteiger partial charge is 0.312 e. The van der Waals surface area contributed by atoms with Gasteiger partial charge in [-0.15, -0.1) is 0 Å². The molecule has 108 valence electrons. The normalized spacial score (nSPS) is 14.9. The Kier molecular flexibility index (Phi) is 5.30. The maximum atomic E-state index is 10.9. The van der Waals surface area contributed by atoms with Crippen LogP contribution < -0.4 is 5.32 Å². The maximum absolute atomic E-state index is 10.9. The fraction of sp³-hybridized carbons (Fsp3) is 0.500. The van der Waals surface area contributed by atoms with Crippen molar-refractivity contribution in [3.05, 3.63) is 51.1 Å². The lowest BCUT2D eigenvalue weighted by molar-refractivity contribution is -0.385. The third kappa shape index (κ3) is 3.90. The van der Waals surface area contributed by atoms with Gasteiger partial charge in [0.1, 0.15) is 0 Å². The molecule has 1 aliphatic rings. The Morgan fingerprint density at radius 1 is 1.35 bits per heavy atom. The monoisotopic (exact) mass is 274 g/mol. The first-order valence-electron chi connectivity index (χ1n) is 7.30. The molecular formula is C16H22N2O2. The molecule has 0 spiro atoms. The van der Waals surface area contributed by atoms with Crippen LogP contribution in [0.3, 0.4) is 0 Å². The van der Waals surface area contributed by atoms with Crippen molar-refractivity contribution in [2.75, 3.05) is 6.54 Å². The quantitative estimate of drug-likeness (QED) is 0.370. The second kappa shape index (κ2) is 7.20. The molecule has 1 aromatic rings. The van der Waals surface area contributed by atoms with E-state index in [1.807, 2.05) is 13.0 Å². The van der Waals surface area contributed by atoms with E-state index in [1.165, 1.54) is 25.7 Å². The van der Waals surface area contributed by atoms with Gasteiger partial charge in [-0.2, -0.15) is 0 Å². The van der Waals surface area contributed by atoms with Crippen LogP contribution in [0.5, 0.6) is 0 Å². The van der Waals surface area contributed by atoms with Gasteiger partial charge in [-0.3, -0.25) is 10.1 Å². The predicted octanol–water partition coefficient (Wildman–Crippen LogP) is 3.88. The van der Waals surface area contributed by atoms with E-state index >= 15 is 0 Å². The fourth-order valence-electron chi connectivity index (χ4n) is 2.66. The lowest BCUT2D eigenvalue weighted by atomic mass is 9.97. The zero-order valence-electron chi connectivity index (χ0n) is 12.0. The average Bonchev–Trinajstić information content (AvgIpc) is 2.46. The topological polar surface area (TPSA) is 55.2 Å². The molecule has 20 heavy (non-hydrogen) atoms. The fourth-order valence-corrected chi connectivity index (χ4v) is 2.66. The van der Waals surface area contributed by atoms with Gasteiger partial charge in [-0.25, -0.2) is 0 Å². The van der Waals surface area contributed by atoms with Crippen molar-refractivity contribution in [1.82, 2.24) is 5.32 Å². The summed E-state index contributed by atoms with van der Waals surface area (Å²) in [4.78, 5) is 10.6. The highest BCUT2D eigenvalue weighted by Gasteiger charge is 2.12. The molecule has 0 aliphatic heterocycles. The van der Waals surface area contributed by atoms with E-state index in [0.29, 0.717) is 6.54 Å².